The van der Waals surface area contributed by atoms with E-state index >= 15 is 0 Å². The van der Waals surface area contributed by atoms with E-state index in [0.717, 1.165) is 31.4 Å². The smallest absolute Gasteiger partial charge is 0.329 e. The number of aromatic nitrogens is 3. The summed E-state index contributed by atoms with van der Waals surface area (Å²) in [6.45, 7) is 0. The lowest BCUT2D eigenvalue weighted by atomic mass is 9.90. The molecule has 0 saturated heterocycles. The van der Waals surface area contributed by atoms with Crippen LogP contribution in [0.4, 0.5) is 0 Å². The van der Waals surface area contributed by atoms with Crippen LogP contribution in [0.15, 0.2) is 36.7 Å². The zero-order chi connectivity index (χ0) is 17.0. The van der Waals surface area contributed by atoms with Gasteiger partial charge in [0.05, 0.1) is 18.1 Å². The van der Waals surface area contributed by atoms with Gasteiger partial charge in [-0.25, -0.2) is 9.48 Å². The highest BCUT2D eigenvalue weighted by molar-refractivity contribution is 5.98. The number of aliphatic carboxylic acids is 1. The SMILES string of the molecule is O=C(NC1(C(=O)O)CCCCCC1)c1ccc(-n2ccnn2)cc1. The molecule has 3 rings (SSSR count). The van der Waals surface area contributed by atoms with Crippen LogP contribution in [0.2, 0.25) is 0 Å². The third-order valence-electron chi connectivity index (χ3n) is 4.54. The summed E-state index contributed by atoms with van der Waals surface area (Å²) in [5.74, 6) is -1.30. The first-order chi connectivity index (χ1) is 11.6. The number of hydrogen-bond acceptors (Lipinski definition) is 4. The van der Waals surface area contributed by atoms with E-state index in [1.54, 1.807) is 41.3 Å². The number of carboxylic acids is 1. The first-order valence-electron chi connectivity index (χ1n) is 8.13. The van der Waals surface area contributed by atoms with Crippen LogP contribution in [0.25, 0.3) is 5.69 Å². The fraction of sp³-hybridized carbons (Fsp3) is 0.412. The van der Waals surface area contributed by atoms with Crippen LogP contribution >= 0.6 is 0 Å². The van der Waals surface area contributed by atoms with Crippen LogP contribution in [-0.2, 0) is 4.79 Å². The Labute approximate surface area is 139 Å². The summed E-state index contributed by atoms with van der Waals surface area (Å²) >= 11 is 0. The lowest BCUT2D eigenvalue weighted by molar-refractivity contribution is -0.145. The van der Waals surface area contributed by atoms with Crippen molar-refractivity contribution in [2.45, 2.75) is 44.1 Å². The van der Waals surface area contributed by atoms with Crippen LogP contribution in [0.5, 0.6) is 0 Å². The van der Waals surface area contributed by atoms with Gasteiger partial charge in [0.25, 0.3) is 5.91 Å². The molecule has 7 heteroatoms. The molecule has 1 saturated carbocycles. The van der Waals surface area contributed by atoms with Crippen LogP contribution in [-0.4, -0.2) is 37.5 Å². The maximum Gasteiger partial charge on any atom is 0.329 e. The molecule has 0 atom stereocenters. The number of carbonyl (C=O) groups excluding carboxylic acids is 1. The van der Waals surface area contributed by atoms with E-state index in [1.165, 1.54) is 0 Å². The fourth-order valence-corrected chi connectivity index (χ4v) is 3.13. The number of hydrogen-bond donors (Lipinski definition) is 2. The van der Waals surface area contributed by atoms with Crippen molar-refractivity contribution in [2.24, 2.45) is 0 Å². The number of carboxylic acid groups (broad SMARTS) is 1. The second kappa shape index (κ2) is 6.82. The second-order valence-corrected chi connectivity index (χ2v) is 6.15. The van der Waals surface area contributed by atoms with Gasteiger partial charge in [0.15, 0.2) is 0 Å². The van der Waals surface area contributed by atoms with Gasteiger partial charge in [-0.2, -0.15) is 0 Å². The van der Waals surface area contributed by atoms with Gasteiger partial charge in [-0.05, 0) is 37.1 Å². The predicted molar refractivity (Wildman–Crippen MR) is 86.9 cm³/mol. The molecule has 126 valence electrons. The summed E-state index contributed by atoms with van der Waals surface area (Å²) in [6, 6.07) is 6.84. The Morgan fingerprint density at radius 1 is 1.08 bits per heavy atom. The molecular formula is C17H20N4O3. The van der Waals surface area contributed by atoms with Gasteiger partial charge in [0.2, 0.25) is 0 Å². The third-order valence-corrected chi connectivity index (χ3v) is 4.54. The lowest BCUT2D eigenvalue weighted by Gasteiger charge is -2.29. The largest absolute Gasteiger partial charge is 0.480 e. The summed E-state index contributed by atoms with van der Waals surface area (Å²) in [7, 11) is 0. The van der Waals surface area contributed by atoms with Gasteiger partial charge in [-0.15, -0.1) is 5.10 Å². The van der Waals surface area contributed by atoms with Gasteiger partial charge in [0.1, 0.15) is 5.54 Å². The van der Waals surface area contributed by atoms with Crippen molar-refractivity contribution in [3.8, 4) is 5.69 Å². The van der Waals surface area contributed by atoms with Crippen LogP contribution < -0.4 is 5.32 Å². The van der Waals surface area contributed by atoms with E-state index < -0.39 is 11.5 Å². The Hall–Kier alpha value is -2.70. The van der Waals surface area contributed by atoms with Gasteiger partial charge in [0, 0.05) is 5.56 Å². The maximum absolute atomic E-state index is 12.5. The van der Waals surface area contributed by atoms with Gasteiger partial charge in [-0.1, -0.05) is 30.9 Å². The predicted octanol–water partition coefficient (Wildman–Crippen LogP) is 2.17. The Balaban J connectivity index is 1.76. The van der Waals surface area contributed by atoms with Crippen molar-refractivity contribution in [3.63, 3.8) is 0 Å². The van der Waals surface area contributed by atoms with Gasteiger partial charge < -0.3 is 10.4 Å². The zero-order valence-corrected chi connectivity index (χ0v) is 13.3. The van der Waals surface area contributed by atoms with E-state index in [9.17, 15) is 14.7 Å². The van der Waals surface area contributed by atoms with Crippen LogP contribution in [0, 0.1) is 0 Å². The minimum atomic E-state index is -1.15. The molecule has 0 unspecified atom stereocenters. The molecule has 1 heterocycles. The monoisotopic (exact) mass is 328 g/mol. The first kappa shape index (κ1) is 16.2. The van der Waals surface area contributed by atoms with E-state index in [4.69, 9.17) is 0 Å². The summed E-state index contributed by atoms with van der Waals surface area (Å²) in [5, 5.41) is 20.0. The number of nitrogens with zero attached hydrogens (tertiary/aromatic N) is 3. The molecule has 1 aromatic carbocycles. The van der Waals surface area contributed by atoms with E-state index in [0.29, 0.717) is 18.4 Å². The second-order valence-electron chi connectivity index (χ2n) is 6.15. The highest BCUT2D eigenvalue weighted by Gasteiger charge is 2.40. The molecule has 2 N–H and O–H groups in total. The molecule has 0 spiro atoms. The minimum absolute atomic E-state index is 0.357. The third kappa shape index (κ3) is 3.29. The number of amides is 1. The normalized spacial score (nSPS) is 17.0. The Morgan fingerprint density at radius 2 is 1.75 bits per heavy atom. The van der Waals surface area contributed by atoms with Crippen molar-refractivity contribution >= 4 is 11.9 Å². The average Bonchev–Trinajstić information content (AvgIpc) is 3.02. The molecule has 7 nitrogen and oxygen atoms in total. The molecule has 24 heavy (non-hydrogen) atoms. The summed E-state index contributed by atoms with van der Waals surface area (Å²) in [4.78, 5) is 24.3. The quantitative estimate of drug-likeness (QED) is 0.838. The lowest BCUT2D eigenvalue weighted by Crippen LogP contribution is -2.54. The zero-order valence-electron chi connectivity index (χ0n) is 13.3. The van der Waals surface area contributed by atoms with Gasteiger partial charge in [-0.3, -0.25) is 4.79 Å². The molecule has 0 aliphatic heterocycles. The fourth-order valence-electron chi connectivity index (χ4n) is 3.13. The minimum Gasteiger partial charge on any atom is -0.480 e. The van der Waals surface area contributed by atoms with E-state index in [1.807, 2.05) is 0 Å². The van der Waals surface area contributed by atoms with Crippen molar-refractivity contribution < 1.29 is 14.7 Å². The van der Waals surface area contributed by atoms with Crippen LogP contribution in [0.3, 0.4) is 0 Å². The van der Waals surface area contributed by atoms with Gasteiger partial charge >= 0.3 is 5.97 Å². The molecule has 1 aromatic heterocycles. The Bertz CT molecular complexity index is 702. The molecular weight excluding hydrogens is 308 g/mol. The van der Waals surface area contributed by atoms with Crippen LogP contribution in [0.1, 0.15) is 48.9 Å². The number of rotatable bonds is 4. The molecule has 0 radical (unpaired) electrons. The molecule has 2 aromatic rings. The summed E-state index contributed by atoms with van der Waals surface area (Å²) in [5.41, 5.74) is 0.0632. The molecule has 1 aliphatic rings. The molecule has 1 fully saturated rings. The number of nitrogens with one attached hydrogen (secondary N) is 1. The molecule has 1 amide bonds. The van der Waals surface area contributed by atoms with E-state index in [2.05, 4.69) is 15.6 Å². The average molecular weight is 328 g/mol. The highest BCUT2D eigenvalue weighted by Crippen LogP contribution is 2.28. The standard InChI is InChI=1S/C17H20N4O3/c22-15(19-17(16(23)24)9-3-1-2-4-10-17)13-5-7-14(8-6-13)21-12-11-18-20-21/h5-8,11-12H,1-4,9-10H2,(H,19,22)(H,23,24). The number of carbonyl (C=O) groups is 2. The highest BCUT2D eigenvalue weighted by atomic mass is 16.4. The number of benzene rings is 1. The first-order valence-corrected chi connectivity index (χ1v) is 8.13. The van der Waals surface area contributed by atoms with E-state index in [-0.39, 0.29) is 5.91 Å². The van der Waals surface area contributed by atoms with Crippen molar-refractivity contribution in [2.75, 3.05) is 0 Å². The van der Waals surface area contributed by atoms with Crippen molar-refractivity contribution in [1.82, 2.24) is 20.3 Å². The van der Waals surface area contributed by atoms with Crippen molar-refractivity contribution in [3.05, 3.63) is 42.2 Å². The molecule has 0 bridgehead atoms. The maximum atomic E-state index is 12.5. The topological polar surface area (TPSA) is 97.1 Å². The summed E-state index contributed by atoms with van der Waals surface area (Å²) in [6.07, 6.45) is 7.89. The molecule has 1 aliphatic carbocycles. The summed E-state index contributed by atoms with van der Waals surface area (Å²) < 4.78 is 1.59. The Morgan fingerprint density at radius 3 is 2.29 bits per heavy atom. The Kier molecular flexibility index (Phi) is 4.59. The van der Waals surface area contributed by atoms with Crippen molar-refractivity contribution in [1.29, 1.82) is 0 Å².